The number of benzene rings is 2. The molecule has 1 aliphatic rings. The number of hydrogen-bond acceptors (Lipinski definition) is 3. The minimum Gasteiger partial charge on any atom is -0.370 e. The summed E-state index contributed by atoms with van der Waals surface area (Å²) in [5, 5.41) is 0.731. The average Bonchev–Trinajstić information content (AvgIpc) is 3.07. The SMILES string of the molecule is NC(=O)c1cn(CC(=O)N2CCOC(c3ccc(F)cc3)C2)c2ccccc12. The standard InChI is InChI=1S/C21H20FN3O3/c22-15-7-5-14(6-8-15)19-12-24(9-10-28-19)20(26)13-25-11-17(21(23)27)16-3-1-2-4-18(16)25/h1-8,11,19H,9-10,12-13H2,(H2,23,27). The molecule has 28 heavy (non-hydrogen) atoms. The van der Waals surface area contributed by atoms with Gasteiger partial charge in [-0.1, -0.05) is 30.3 Å². The van der Waals surface area contributed by atoms with E-state index in [0.29, 0.717) is 25.3 Å². The van der Waals surface area contributed by atoms with Crippen molar-refractivity contribution in [1.29, 1.82) is 0 Å². The van der Waals surface area contributed by atoms with Gasteiger partial charge in [0.05, 0.1) is 18.7 Å². The van der Waals surface area contributed by atoms with Crippen LogP contribution >= 0.6 is 0 Å². The summed E-state index contributed by atoms with van der Waals surface area (Å²) in [6.45, 7) is 1.39. The molecule has 1 fully saturated rings. The van der Waals surface area contributed by atoms with Gasteiger partial charge in [-0.2, -0.15) is 0 Å². The molecule has 2 heterocycles. The Balaban J connectivity index is 1.53. The predicted octanol–water partition coefficient (Wildman–Crippen LogP) is 2.48. The summed E-state index contributed by atoms with van der Waals surface area (Å²) >= 11 is 0. The Morgan fingerprint density at radius 2 is 1.89 bits per heavy atom. The number of ether oxygens (including phenoxy) is 1. The molecule has 0 saturated carbocycles. The summed E-state index contributed by atoms with van der Waals surface area (Å²) in [4.78, 5) is 26.3. The van der Waals surface area contributed by atoms with Gasteiger partial charge in [-0.15, -0.1) is 0 Å². The van der Waals surface area contributed by atoms with Gasteiger partial charge in [0.15, 0.2) is 0 Å². The van der Waals surface area contributed by atoms with Gasteiger partial charge in [-0.3, -0.25) is 9.59 Å². The summed E-state index contributed by atoms with van der Waals surface area (Å²) in [6, 6.07) is 13.5. The molecule has 7 heteroatoms. The minimum absolute atomic E-state index is 0.0767. The van der Waals surface area contributed by atoms with Crippen LogP contribution in [-0.2, 0) is 16.1 Å². The molecule has 144 valence electrons. The van der Waals surface area contributed by atoms with Gasteiger partial charge >= 0.3 is 0 Å². The molecule has 1 aromatic heterocycles. The zero-order chi connectivity index (χ0) is 19.7. The van der Waals surface area contributed by atoms with Crippen LogP contribution < -0.4 is 5.73 Å². The van der Waals surface area contributed by atoms with E-state index in [1.807, 2.05) is 24.3 Å². The van der Waals surface area contributed by atoms with E-state index in [2.05, 4.69) is 0 Å². The highest BCUT2D eigenvalue weighted by molar-refractivity contribution is 6.06. The van der Waals surface area contributed by atoms with E-state index in [9.17, 15) is 14.0 Å². The number of para-hydroxylation sites is 1. The van der Waals surface area contributed by atoms with Crippen LogP contribution in [0.1, 0.15) is 22.0 Å². The molecule has 2 N–H and O–H groups in total. The first-order valence-electron chi connectivity index (χ1n) is 9.05. The molecule has 0 bridgehead atoms. The molecule has 6 nitrogen and oxygen atoms in total. The summed E-state index contributed by atoms with van der Waals surface area (Å²) < 4.78 is 20.7. The zero-order valence-electron chi connectivity index (χ0n) is 15.2. The van der Waals surface area contributed by atoms with Crippen molar-refractivity contribution in [2.75, 3.05) is 19.7 Å². The first-order valence-corrected chi connectivity index (χ1v) is 9.05. The third-order valence-corrected chi connectivity index (χ3v) is 5.02. The number of rotatable bonds is 4. The van der Waals surface area contributed by atoms with Gasteiger partial charge in [0, 0.05) is 23.6 Å². The van der Waals surface area contributed by atoms with E-state index in [1.54, 1.807) is 27.8 Å². The quantitative estimate of drug-likeness (QED) is 0.754. The maximum atomic E-state index is 13.1. The number of fused-ring (bicyclic) bond motifs is 1. The van der Waals surface area contributed by atoms with Crippen molar-refractivity contribution in [3.8, 4) is 0 Å². The van der Waals surface area contributed by atoms with Gasteiger partial charge in [-0.25, -0.2) is 4.39 Å². The minimum atomic E-state index is -0.523. The fraction of sp³-hybridized carbons (Fsp3) is 0.238. The number of nitrogens with zero attached hydrogens (tertiary/aromatic N) is 2. The van der Waals surface area contributed by atoms with E-state index in [1.165, 1.54) is 12.1 Å². The molecule has 1 atom stereocenters. The number of aromatic nitrogens is 1. The predicted molar refractivity (Wildman–Crippen MR) is 102 cm³/mol. The lowest BCUT2D eigenvalue weighted by atomic mass is 10.1. The number of carbonyl (C=O) groups excluding carboxylic acids is 2. The smallest absolute Gasteiger partial charge is 0.250 e. The van der Waals surface area contributed by atoms with Crippen molar-refractivity contribution in [2.24, 2.45) is 5.73 Å². The number of nitrogens with two attached hydrogens (primary N) is 1. The van der Waals surface area contributed by atoms with Crippen LogP contribution in [0.3, 0.4) is 0 Å². The van der Waals surface area contributed by atoms with E-state index >= 15 is 0 Å². The fourth-order valence-corrected chi connectivity index (χ4v) is 3.57. The number of amides is 2. The van der Waals surface area contributed by atoms with Crippen molar-refractivity contribution in [2.45, 2.75) is 12.6 Å². The Bertz CT molecular complexity index is 1030. The van der Waals surface area contributed by atoms with E-state index < -0.39 is 5.91 Å². The van der Waals surface area contributed by atoms with Crippen molar-refractivity contribution >= 4 is 22.7 Å². The maximum Gasteiger partial charge on any atom is 0.250 e. The summed E-state index contributed by atoms with van der Waals surface area (Å²) in [5.74, 6) is -0.908. The Labute approximate surface area is 161 Å². The fourth-order valence-electron chi connectivity index (χ4n) is 3.57. The first-order chi connectivity index (χ1) is 13.5. The lowest BCUT2D eigenvalue weighted by Gasteiger charge is -2.33. The largest absolute Gasteiger partial charge is 0.370 e. The summed E-state index contributed by atoms with van der Waals surface area (Å²) in [5.41, 5.74) is 7.49. The molecule has 1 saturated heterocycles. The highest BCUT2D eigenvalue weighted by Gasteiger charge is 2.26. The Morgan fingerprint density at radius 1 is 1.14 bits per heavy atom. The summed E-state index contributed by atoms with van der Waals surface area (Å²) in [7, 11) is 0. The van der Waals surface area contributed by atoms with E-state index in [0.717, 1.165) is 16.5 Å². The number of carbonyl (C=O) groups is 2. The van der Waals surface area contributed by atoms with Crippen molar-refractivity contribution in [3.05, 3.63) is 71.7 Å². The normalized spacial score (nSPS) is 17.0. The van der Waals surface area contributed by atoms with Crippen molar-refractivity contribution in [1.82, 2.24) is 9.47 Å². The van der Waals surface area contributed by atoms with Crippen LogP contribution in [0.2, 0.25) is 0 Å². The van der Waals surface area contributed by atoms with Gasteiger partial charge in [0.2, 0.25) is 5.91 Å². The molecular weight excluding hydrogens is 361 g/mol. The third-order valence-electron chi connectivity index (χ3n) is 5.02. The lowest BCUT2D eigenvalue weighted by Crippen LogP contribution is -2.43. The molecule has 2 amide bonds. The van der Waals surface area contributed by atoms with Crippen molar-refractivity contribution < 1.29 is 18.7 Å². The van der Waals surface area contributed by atoms with Crippen LogP contribution in [-0.4, -0.2) is 41.0 Å². The van der Waals surface area contributed by atoms with Crippen molar-refractivity contribution in [3.63, 3.8) is 0 Å². The summed E-state index contributed by atoms with van der Waals surface area (Å²) in [6.07, 6.45) is 1.34. The van der Waals surface area contributed by atoms with Crippen LogP contribution in [0, 0.1) is 5.82 Å². The molecule has 0 radical (unpaired) electrons. The number of hydrogen-bond donors (Lipinski definition) is 1. The van der Waals surface area contributed by atoms with Gasteiger partial charge < -0.3 is 19.9 Å². The van der Waals surface area contributed by atoms with Gasteiger partial charge in [0.25, 0.3) is 5.91 Å². The van der Waals surface area contributed by atoms with Crippen LogP contribution in [0.15, 0.2) is 54.7 Å². The van der Waals surface area contributed by atoms with Gasteiger partial charge in [-0.05, 0) is 23.8 Å². The second-order valence-corrected chi connectivity index (χ2v) is 6.80. The van der Waals surface area contributed by atoms with Crippen LogP contribution in [0.4, 0.5) is 4.39 Å². The second-order valence-electron chi connectivity index (χ2n) is 6.80. The second kappa shape index (κ2) is 7.44. The lowest BCUT2D eigenvalue weighted by molar-refractivity contribution is -0.139. The molecular formula is C21H20FN3O3. The third kappa shape index (κ3) is 3.48. The van der Waals surface area contributed by atoms with Gasteiger partial charge in [0.1, 0.15) is 18.5 Å². The van der Waals surface area contributed by atoms with E-state index in [4.69, 9.17) is 10.5 Å². The Hall–Kier alpha value is -3.19. The number of morpholine rings is 1. The highest BCUT2D eigenvalue weighted by atomic mass is 19.1. The number of halogens is 1. The zero-order valence-corrected chi connectivity index (χ0v) is 15.2. The molecule has 3 aromatic rings. The molecule has 0 aliphatic carbocycles. The van der Waals surface area contributed by atoms with Crippen LogP contribution in [0.5, 0.6) is 0 Å². The van der Waals surface area contributed by atoms with E-state index in [-0.39, 0.29) is 24.4 Å². The topological polar surface area (TPSA) is 77.6 Å². The highest BCUT2D eigenvalue weighted by Crippen LogP contribution is 2.24. The molecule has 2 aromatic carbocycles. The molecule has 1 aliphatic heterocycles. The molecule has 1 unspecified atom stereocenters. The average molecular weight is 381 g/mol. The maximum absolute atomic E-state index is 13.1. The Morgan fingerprint density at radius 3 is 2.64 bits per heavy atom. The Kier molecular flexibility index (Phi) is 4.83. The van der Waals surface area contributed by atoms with Crippen LogP contribution in [0.25, 0.3) is 10.9 Å². The molecule has 0 spiro atoms. The first kappa shape index (κ1) is 18.2. The monoisotopic (exact) mass is 381 g/mol. The molecule has 4 rings (SSSR count). The number of primary amides is 1.